The van der Waals surface area contributed by atoms with Gasteiger partial charge in [0.25, 0.3) is 0 Å². The molecule has 0 spiro atoms. The zero-order valence-electron chi connectivity index (χ0n) is 18.5. The Kier molecular flexibility index (Phi) is 6.82. The van der Waals surface area contributed by atoms with Crippen LogP contribution in [0.1, 0.15) is 24.8 Å². The maximum absolute atomic E-state index is 12.5. The summed E-state index contributed by atoms with van der Waals surface area (Å²) in [6.07, 6.45) is 3.42. The van der Waals surface area contributed by atoms with Gasteiger partial charge >= 0.3 is 0 Å². The topological polar surface area (TPSA) is 127 Å². The number of benzene rings is 1. The number of carbonyl (C=O) groups is 2. The van der Waals surface area contributed by atoms with E-state index in [1.54, 1.807) is 18.2 Å². The van der Waals surface area contributed by atoms with E-state index in [-0.39, 0.29) is 17.9 Å². The number of anilines is 1. The van der Waals surface area contributed by atoms with Crippen molar-refractivity contribution in [2.45, 2.75) is 25.4 Å². The third kappa shape index (κ3) is 5.27. The van der Waals surface area contributed by atoms with Gasteiger partial charge in [-0.05, 0) is 24.6 Å². The van der Waals surface area contributed by atoms with E-state index in [1.165, 1.54) is 20.5 Å². The lowest BCUT2D eigenvalue weighted by atomic mass is 10.1. The fourth-order valence-electron chi connectivity index (χ4n) is 3.74. The Labute approximate surface area is 191 Å². The smallest absolute Gasteiger partial charge is 0.249 e. The molecular formula is C23H25N5O5. The number of nitriles is 1. The summed E-state index contributed by atoms with van der Waals surface area (Å²) in [5, 5.41) is 13.5. The van der Waals surface area contributed by atoms with Crippen molar-refractivity contribution >= 4 is 17.6 Å². The Hall–Kier alpha value is -3.55. The van der Waals surface area contributed by atoms with Crippen LogP contribution in [-0.4, -0.2) is 60.3 Å². The average Bonchev–Trinajstić information content (AvgIpc) is 3.65. The quantitative estimate of drug-likeness (QED) is 0.635. The van der Waals surface area contributed by atoms with Crippen LogP contribution in [0.15, 0.2) is 30.6 Å². The second-order valence-electron chi connectivity index (χ2n) is 8.00. The second-order valence-corrected chi connectivity index (χ2v) is 8.00. The zero-order valence-corrected chi connectivity index (χ0v) is 18.5. The first kappa shape index (κ1) is 22.6. The molecule has 2 atom stereocenters. The molecule has 172 valence electrons. The third-order valence-electron chi connectivity index (χ3n) is 5.80. The zero-order chi connectivity index (χ0) is 23.4. The van der Waals surface area contributed by atoms with Gasteiger partial charge in [0.15, 0.2) is 0 Å². The highest BCUT2D eigenvalue weighted by molar-refractivity contribution is 5.99. The molecule has 1 N–H and O–H groups in total. The van der Waals surface area contributed by atoms with E-state index in [1.807, 2.05) is 6.07 Å². The van der Waals surface area contributed by atoms with E-state index in [4.69, 9.17) is 14.3 Å². The first-order valence-electron chi connectivity index (χ1n) is 10.7. The number of hydrogen-bond donors (Lipinski definition) is 1. The minimum atomic E-state index is -0.416. The van der Waals surface area contributed by atoms with Crippen LogP contribution in [0.3, 0.4) is 0 Å². The third-order valence-corrected chi connectivity index (χ3v) is 5.80. The van der Waals surface area contributed by atoms with Crippen LogP contribution in [-0.2, 0) is 19.2 Å². The number of nitrogens with zero attached hydrogens (tertiary/aromatic N) is 4. The predicted molar refractivity (Wildman–Crippen MR) is 117 cm³/mol. The molecule has 1 aromatic carbocycles. The lowest BCUT2D eigenvalue weighted by Crippen LogP contribution is -2.29. The molecule has 1 saturated carbocycles. The minimum absolute atomic E-state index is 0.0272. The number of ether oxygens (including phenoxy) is 2. The van der Waals surface area contributed by atoms with Crippen molar-refractivity contribution in [1.82, 2.24) is 15.0 Å². The van der Waals surface area contributed by atoms with Crippen LogP contribution in [0.25, 0.3) is 11.3 Å². The van der Waals surface area contributed by atoms with Crippen molar-refractivity contribution in [3.63, 3.8) is 0 Å². The number of carbonyl (C=O) groups excluding carboxylic acids is 2. The molecular weight excluding hydrogens is 426 g/mol. The molecule has 2 aliphatic rings. The lowest BCUT2D eigenvalue weighted by molar-refractivity contribution is -0.170. The average molecular weight is 451 g/mol. The standard InChI is InChI=1S/C23H25N5O5/c1-28(31-2)23(30)18-10-17(18)22(29)27-21-11-19(25-13-26-21)14-3-4-20(15(9-14)12-24)33-16-5-7-32-8-6-16/h3-4,9,11,13,16-18H,5-8,10H2,1-2H3,(H,25,26,27,29). The van der Waals surface area contributed by atoms with E-state index < -0.39 is 11.8 Å². The van der Waals surface area contributed by atoms with Gasteiger partial charge in [-0.2, -0.15) is 5.26 Å². The first-order valence-corrected chi connectivity index (χ1v) is 10.7. The van der Waals surface area contributed by atoms with Gasteiger partial charge in [-0.3, -0.25) is 14.4 Å². The van der Waals surface area contributed by atoms with E-state index >= 15 is 0 Å². The van der Waals surface area contributed by atoms with E-state index in [0.717, 1.165) is 17.9 Å². The highest BCUT2D eigenvalue weighted by atomic mass is 16.7. The number of amides is 2. The molecule has 2 fully saturated rings. The molecule has 1 aromatic heterocycles. The Balaban J connectivity index is 1.44. The maximum atomic E-state index is 12.5. The van der Waals surface area contributed by atoms with Crippen LogP contribution in [0, 0.1) is 23.2 Å². The molecule has 0 bridgehead atoms. The van der Waals surface area contributed by atoms with Crippen LogP contribution >= 0.6 is 0 Å². The van der Waals surface area contributed by atoms with Crippen molar-refractivity contribution in [1.29, 1.82) is 5.26 Å². The molecule has 33 heavy (non-hydrogen) atoms. The normalized spacial score (nSPS) is 19.9. The van der Waals surface area contributed by atoms with Gasteiger partial charge in [0, 0.05) is 31.5 Å². The van der Waals surface area contributed by atoms with E-state index in [2.05, 4.69) is 21.4 Å². The molecule has 2 amide bonds. The number of aromatic nitrogens is 2. The van der Waals surface area contributed by atoms with Gasteiger partial charge in [0.1, 0.15) is 30.1 Å². The molecule has 0 radical (unpaired) electrons. The minimum Gasteiger partial charge on any atom is -0.489 e. The molecule has 2 heterocycles. The van der Waals surface area contributed by atoms with E-state index in [0.29, 0.717) is 48.0 Å². The van der Waals surface area contributed by atoms with Gasteiger partial charge < -0.3 is 14.8 Å². The largest absolute Gasteiger partial charge is 0.489 e. The Morgan fingerprint density at radius 1 is 1.21 bits per heavy atom. The summed E-state index contributed by atoms with van der Waals surface area (Å²) >= 11 is 0. The lowest BCUT2D eigenvalue weighted by Gasteiger charge is -2.23. The highest BCUT2D eigenvalue weighted by Gasteiger charge is 2.49. The second kappa shape index (κ2) is 9.94. The molecule has 1 aliphatic carbocycles. The highest BCUT2D eigenvalue weighted by Crippen LogP contribution is 2.40. The summed E-state index contributed by atoms with van der Waals surface area (Å²) in [5.41, 5.74) is 1.66. The molecule has 1 aliphatic heterocycles. The molecule has 2 unspecified atom stereocenters. The maximum Gasteiger partial charge on any atom is 0.249 e. The number of nitrogens with one attached hydrogen (secondary N) is 1. The summed E-state index contributed by atoms with van der Waals surface area (Å²) in [7, 11) is 2.92. The van der Waals surface area contributed by atoms with Gasteiger partial charge in [0.2, 0.25) is 11.8 Å². The first-order chi connectivity index (χ1) is 16.0. The van der Waals surface area contributed by atoms with Crippen LogP contribution < -0.4 is 10.1 Å². The Morgan fingerprint density at radius 3 is 2.73 bits per heavy atom. The summed E-state index contributed by atoms with van der Waals surface area (Å²) < 4.78 is 11.3. The predicted octanol–water partition coefficient (Wildman–Crippen LogP) is 2.17. The van der Waals surface area contributed by atoms with Gasteiger partial charge in [0.05, 0.1) is 43.4 Å². The fourth-order valence-corrected chi connectivity index (χ4v) is 3.74. The van der Waals surface area contributed by atoms with Crippen molar-refractivity contribution in [2.75, 3.05) is 32.7 Å². The molecule has 10 nitrogen and oxygen atoms in total. The summed E-state index contributed by atoms with van der Waals surface area (Å²) in [6, 6.07) is 9.10. The summed E-state index contributed by atoms with van der Waals surface area (Å²) in [5.74, 6) is -0.461. The number of rotatable bonds is 7. The number of hydroxylamine groups is 2. The SMILES string of the molecule is CON(C)C(=O)C1CC1C(=O)Nc1cc(-c2ccc(OC3CCOCC3)c(C#N)c2)ncn1. The van der Waals surface area contributed by atoms with Crippen LogP contribution in [0.5, 0.6) is 5.75 Å². The summed E-state index contributed by atoms with van der Waals surface area (Å²) in [6.45, 7) is 1.30. The van der Waals surface area contributed by atoms with Crippen molar-refractivity contribution in [2.24, 2.45) is 11.8 Å². The Morgan fingerprint density at radius 2 is 2.00 bits per heavy atom. The molecule has 4 rings (SSSR count). The fraction of sp³-hybridized carbons (Fsp3) is 0.435. The van der Waals surface area contributed by atoms with Crippen molar-refractivity contribution in [3.05, 3.63) is 36.2 Å². The molecule has 1 saturated heterocycles. The van der Waals surface area contributed by atoms with Gasteiger partial charge in [-0.25, -0.2) is 15.0 Å². The van der Waals surface area contributed by atoms with Gasteiger partial charge in [-0.15, -0.1) is 0 Å². The summed E-state index contributed by atoms with van der Waals surface area (Å²) in [4.78, 5) is 37.9. The number of hydrogen-bond acceptors (Lipinski definition) is 8. The molecule has 2 aromatic rings. The monoisotopic (exact) mass is 451 g/mol. The Bertz CT molecular complexity index is 1080. The van der Waals surface area contributed by atoms with Crippen molar-refractivity contribution < 1.29 is 23.9 Å². The van der Waals surface area contributed by atoms with Crippen molar-refractivity contribution in [3.8, 4) is 23.1 Å². The van der Waals surface area contributed by atoms with Crippen LogP contribution in [0.4, 0.5) is 5.82 Å². The molecule has 10 heteroatoms. The van der Waals surface area contributed by atoms with Crippen LogP contribution in [0.2, 0.25) is 0 Å². The van der Waals surface area contributed by atoms with Gasteiger partial charge in [-0.1, -0.05) is 0 Å². The van der Waals surface area contributed by atoms with E-state index in [9.17, 15) is 14.9 Å².